The summed E-state index contributed by atoms with van der Waals surface area (Å²) >= 11 is -2.45. The van der Waals surface area contributed by atoms with E-state index in [2.05, 4.69) is 56.1 Å². The van der Waals surface area contributed by atoms with E-state index in [-0.39, 0.29) is 4.05 Å². The van der Waals surface area contributed by atoms with E-state index >= 15 is 0 Å². The van der Waals surface area contributed by atoms with Crippen LogP contribution in [0.5, 0.6) is 0 Å². The Morgan fingerprint density at radius 3 is 2.82 bits per heavy atom. The third-order valence-corrected chi connectivity index (χ3v) is 15.3. The van der Waals surface area contributed by atoms with Crippen LogP contribution in [0.2, 0.25) is 0 Å². The number of piperidine rings is 1. The minimum absolute atomic E-state index is 0.144. The van der Waals surface area contributed by atoms with Crippen molar-refractivity contribution < 1.29 is 4.79 Å². The van der Waals surface area contributed by atoms with Crippen molar-refractivity contribution >= 4 is 33.5 Å². The van der Waals surface area contributed by atoms with Crippen LogP contribution < -0.4 is 0 Å². The van der Waals surface area contributed by atoms with E-state index in [9.17, 15) is 10.1 Å². The Morgan fingerprint density at radius 2 is 2.15 bits per heavy atom. The molecule has 184 valence electrons. The summed E-state index contributed by atoms with van der Waals surface area (Å²) in [5.74, 6) is 2.19. The Labute approximate surface area is 209 Å². The third-order valence-electron chi connectivity index (χ3n) is 8.07. The van der Waals surface area contributed by atoms with Gasteiger partial charge in [-0.1, -0.05) is 0 Å². The van der Waals surface area contributed by atoms with Crippen molar-refractivity contribution in [2.24, 2.45) is 22.7 Å². The number of likely N-dealkylation sites (tertiary alicyclic amines) is 1. The monoisotopic (exact) mass is 573 g/mol. The Balaban J connectivity index is 1.51. The molecule has 34 heavy (non-hydrogen) atoms. The molecule has 5 heteroatoms. The summed E-state index contributed by atoms with van der Waals surface area (Å²) in [6.07, 6.45) is 13.6. The maximum absolute atomic E-state index is 11.3. The van der Waals surface area contributed by atoms with Crippen molar-refractivity contribution in [2.45, 2.75) is 70.3 Å². The van der Waals surface area contributed by atoms with E-state index in [0.29, 0.717) is 23.5 Å². The summed E-state index contributed by atoms with van der Waals surface area (Å²) in [6.45, 7) is 10.2. The summed E-state index contributed by atoms with van der Waals surface area (Å²) in [5, 5.41) is 10.0. The fourth-order valence-corrected chi connectivity index (χ4v) is 12.5. The summed E-state index contributed by atoms with van der Waals surface area (Å²) in [4.78, 5) is 21.4. The predicted molar refractivity (Wildman–Crippen MR) is 153 cm³/mol. The van der Waals surface area contributed by atoms with Crippen LogP contribution in [0.1, 0.15) is 66.2 Å². The van der Waals surface area contributed by atoms with Gasteiger partial charge in [0.05, 0.1) is 0 Å². The second kappa shape index (κ2) is 10.4. The minimum atomic E-state index is -2.45. The zero-order valence-corrected chi connectivity index (χ0v) is 23.6. The van der Waals surface area contributed by atoms with E-state index in [1.54, 1.807) is 12.5 Å². The molecule has 5 atom stereocenters. The predicted octanol–water partition coefficient (Wildman–Crippen LogP) is 6.57. The van der Waals surface area contributed by atoms with E-state index in [1.165, 1.54) is 24.1 Å². The van der Waals surface area contributed by atoms with Gasteiger partial charge >= 0.3 is 193 Å². The van der Waals surface area contributed by atoms with Gasteiger partial charge in [-0.2, -0.15) is 0 Å². The van der Waals surface area contributed by atoms with Crippen molar-refractivity contribution in [1.29, 1.82) is 5.26 Å². The summed E-state index contributed by atoms with van der Waals surface area (Å²) < 4.78 is 5.03. The second-order valence-corrected chi connectivity index (χ2v) is 19.2. The topological polar surface area (TPSA) is 56.5 Å². The zero-order valence-electron chi connectivity index (χ0n) is 21.5. The molecule has 1 fully saturated rings. The molecule has 0 bridgehead atoms. The standard InChI is InChI=1S/C29H40IN3O/c1-20-11-14-30(5,15-12-20)29-28(27(18-31)23(4)32-29)33-16-13-25-17-24(9-10-26(25)19-33)21(2)7-6-8-22(3)34/h11-12,14-15,17,21,24,26,29H,6-10,13,16,19H2,1-5H3. The fourth-order valence-electron chi connectivity index (χ4n) is 5.83. The van der Waals surface area contributed by atoms with Crippen molar-refractivity contribution in [1.82, 2.24) is 4.90 Å². The number of hydrogen-bond donors (Lipinski definition) is 0. The number of nitriles is 1. The molecule has 4 aliphatic rings. The van der Waals surface area contributed by atoms with Crippen LogP contribution in [0.3, 0.4) is 0 Å². The van der Waals surface area contributed by atoms with Crippen molar-refractivity contribution in [3.63, 3.8) is 0 Å². The van der Waals surface area contributed by atoms with Gasteiger partial charge in [-0.15, -0.1) is 0 Å². The molecule has 1 saturated heterocycles. The number of nitrogens with zero attached hydrogens (tertiary/aromatic N) is 3. The van der Waals surface area contributed by atoms with Gasteiger partial charge < -0.3 is 4.79 Å². The zero-order chi connectivity index (χ0) is 24.5. The van der Waals surface area contributed by atoms with Crippen molar-refractivity contribution in [2.75, 3.05) is 18.0 Å². The number of rotatable bonds is 7. The van der Waals surface area contributed by atoms with E-state index < -0.39 is 18.0 Å². The SMILES string of the molecule is CC(=O)CCCC(C)C1C=C2CCN(C3=C(C#N)C(C)=NC3I3(C)=CC=C(C)C=C3)CC2CC1. The van der Waals surface area contributed by atoms with Gasteiger partial charge in [0.25, 0.3) is 0 Å². The van der Waals surface area contributed by atoms with Gasteiger partial charge in [0, 0.05) is 0 Å². The molecule has 1 aliphatic carbocycles. The second-order valence-electron chi connectivity index (χ2n) is 10.7. The molecule has 0 aromatic rings. The van der Waals surface area contributed by atoms with Crippen LogP contribution in [0.25, 0.3) is 0 Å². The maximum atomic E-state index is 11.3. The van der Waals surface area contributed by atoms with Crippen LogP contribution in [-0.4, -0.2) is 42.5 Å². The van der Waals surface area contributed by atoms with E-state index in [1.807, 2.05) is 6.92 Å². The quantitative estimate of drug-likeness (QED) is 0.150. The molecular weight excluding hydrogens is 533 g/mol. The number of ketones is 1. The molecule has 0 radical (unpaired) electrons. The molecule has 0 saturated carbocycles. The first kappa shape index (κ1) is 25.3. The number of Topliss-reactive ketones (excluding diaryl/α,β-unsaturated/α-hetero) is 1. The fraction of sp³-hybridized carbons (Fsp3) is 0.586. The number of halogens is 1. The summed E-state index contributed by atoms with van der Waals surface area (Å²) in [6, 6.07) is 2.52. The van der Waals surface area contributed by atoms with Crippen molar-refractivity contribution in [3.8, 4) is 6.07 Å². The molecule has 0 aromatic heterocycles. The summed E-state index contributed by atoms with van der Waals surface area (Å²) in [7, 11) is 0. The molecule has 0 aromatic carbocycles. The first-order chi connectivity index (χ1) is 16.2. The number of hydrogen-bond acceptors (Lipinski definition) is 4. The number of fused-ring (bicyclic) bond motifs is 1. The van der Waals surface area contributed by atoms with Crippen LogP contribution in [0.15, 0.2) is 49.7 Å². The van der Waals surface area contributed by atoms with Gasteiger partial charge in [-0.3, -0.25) is 0 Å². The van der Waals surface area contributed by atoms with Gasteiger partial charge in [0.15, 0.2) is 0 Å². The van der Waals surface area contributed by atoms with Gasteiger partial charge in [0.2, 0.25) is 0 Å². The molecule has 0 amide bonds. The van der Waals surface area contributed by atoms with Crippen LogP contribution in [0, 0.1) is 29.1 Å². The molecule has 4 nitrogen and oxygen atoms in total. The molecule has 0 spiro atoms. The van der Waals surface area contributed by atoms with Crippen LogP contribution >= 0.6 is 18.0 Å². The van der Waals surface area contributed by atoms with Crippen molar-refractivity contribution in [3.05, 3.63) is 44.7 Å². The first-order valence-electron chi connectivity index (χ1n) is 12.7. The number of carbonyl (C=O) groups is 1. The Kier molecular flexibility index (Phi) is 7.76. The van der Waals surface area contributed by atoms with Gasteiger partial charge in [-0.25, -0.2) is 0 Å². The normalized spacial score (nSPS) is 33.6. The average molecular weight is 574 g/mol. The molecule has 4 rings (SSSR count). The number of aliphatic imine (C=N–C) groups is 1. The molecule has 5 unspecified atom stereocenters. The number of carbonyl (C=O) groups excluding carboxylic acids is 1. The molecule has 0 N–H and O–H groups in total. The van der Waals surface area contributed by atoms with Crippen LogP contribution in [0.4, 0.5) is 0 Å². The van der Waals surface area contributed by atoms with Gasteiger partial charge in [0.1, 0.15) is 5.78 Å². The first-order valence-corrected chi connectivity index (χ1v) is 18.6. The number of allylic oxidation sites excluding steroid dienone is 5. The number of alkyl halides is 2. The molecular formula is C29H40IN3O. The molecule has 3 aliphatic heterocycles. The Morgan fingerprint density at radius 1 is 1.35 bits per heavy atom. The van der Waals surface area contributed by atoms with E-state index in [4.69, 9.17) is 4.99 Å². The van der Waals surface area contributed by atoms with E-state index in [0.717, 1.165) is 50.1 Å². The Hall–Kier alpha value is -1.81. The van der Waals surface area contributed by atoms with Crippen LogP contribution in [-0.2, 0) is 4.79 Å². The summed E-state index contributed by atoms with van der Waals surface area (Å²) in [5.41, 5.74) is 5.89. The Bertz CT molecular complexity index is 1100. The molecule has 3 heterocycles. The average Bonchev–Trinajstić information content (AvgIpc) is 3.17. The third kappa shape index (κ3) is 5.22. The van der Waals surface area contributed by atoms with Gasteiger partial charge in [-0.05, 0) is 6.92 Å².